The summed E-state index contributed by atoms with van der Waals surface area (Å²) in [4.78, 5) is 15.6. The molecule has 94 valence electrons. The molecule has 2 amide bonds. The van der Waals surface area contributed by atoms with E-state index in [-0.39, 0.29) is 12.6 Å². The maximum atomic E-state index is 11.8. The summed E-state index contributed by atoms with van der Waals surface area (Å²) in [6.07, 6.45) is 1.64. The summed E-state index contributed by atoms with van der Waals surface area (Å²) in [5.41, 5.74) is 0. The zero-order chi connectivity index (χ0) is 12.7. The highest BCUT2D eigenvalue weighted by molar-refractivity contribution is 7.11. The Kier molecular flexibility index (Phi) is 5.72. The first-order valence-electron chi connectivity index (χ1n) is 5.47. The quantitative estimate of drug-likeness (QED) is 0.760. The van der Waals surface area contributed by atoms with Crippen LogP contribution in [-0.4, -0.2) is 35.7 Å². The van der Waals surface area contributed by atoms with Crippen molar-refractivity contribution in [3.8, 4) is 0 Å². The molecule has 0 radical (unpaired) electrons. The summed E-state index contributed by atoms with van der Waals surface area (Å²) in [6, 6.07) is 3.86. The zero-order valence-corrected chi connectivity index (χ0v) is 10.8. The molecule has 0 aromatic carbocycles. The molecule has 0 aliphatic rings. The molecular weight excluding hydrogens is 236 g/mol. The fourth-order valence-electron chi connectivity index (χ4n) is 1.41. The SMILES string of the molecule is C=CCN(CCO)C(=O)NCc1ccc(C)s1. The van der Waals surface area contributed by atoms with E-state index in [0.717, 1.165) is 4.88 Å². The molecule has 0 bridgehead atoms. The molecule has 4 nitrogen and oxygen atoms in total. The van der Waals surface area contributed by atoms with Gasteiger partial charge in [-0.15, -0.1) is 17.9 Å². The number of rotatable bonds is 6. The Morgan fingerprint density at radius 2 is 2.41 bits per heavy atom. The van der Waals surface area contributed by atoms with Gasteiger partial charge in [-0.25, -0.2) is 4.79 Å². The maximum absolute atomic E-state index is 11.8. The number of urea groups is 1. The van der Waals surface area contributed by atoms with Crippen LogP contribution in [0.4, 0.5) is 4.79 Å². The summed E-state index contributed by atoms with van der Waals surface area (Å²) in [7, 11) is 0. The minimum absolute atomic E-state index is 0.0423. The molecule has 0 aliphatic heterocycles. The van der Waals surface area contributed by atoms with Gasteiger partial charge in [-0.3, -0.25) is 0 Å². The number of hydrogen-bond acceptors (Lipinski definition) is 3. The lowest BCUT2D eigenvalue weighted by atomic mass is 10.4. The van der Waals surface area contributed by atoms with Crippen LogP contribution in [0.5, 0.6) is 0 Å². The van der Waals surface area contributed by atoms with Gasteiger partial charge in [0.1, 0.15) is 0 Å². The number of thiophene rings is 1. The van der Waals surface area contributed by atoms with Gasteiger partial charge in [0.25, 0.3) is 0 Å². The van der Waals surface area contributed by atoms with Gasteiger partial charge in [-0.2, -0.15) is 0 Å². The Bertz CT molecular complexity index is 376. The standard InChI is InChI=1S/C12H18N2O2S/c1-3-6-14(7-8-15)12(16)13-9-11-5-4-10(2)17-11/h3-5,15H,1,6-9H2,2H3,(H,13,16). The van der Waals surface area contributed by atoms with Crippen molar-refractivity contribution in [2.75, 3.05) is 19.7 Å². The first-order valence-corrected chi connectivity index (χ1v) is 6.29. The second kappa shape index (κ2) is 7.09. The number of carbonyl (C=O) groups is 1. The molecule has 17 heavy (non-hydrogen) atoms. The zero-order valence-electron chi connectivity index (χ0n) is 9.98. The lowest BCUT2D eigenvalue weighted by molar-refractivity contribution is 0.183. The molecule has 1 aromatic heterocycles. The molecule has 0 unspecified atom stereocenters. The second-order valence-corrected chi connectivity index (χ2v) is 5.00. The average molecular weight is 254 g/mol. The molecule has 1 aromatic rings. The van der Waals surface area contributed by atoms with Crippen LogP contribution in [0, 0.1) is 6.92 Å². The number of hydrogen-bond donors (Lipinski definition) is 2. The lowest BCUT2D eigenvalue weighted by Crippen LogP contribution is -2.41. The molecule has 1 rings (SSSR count). The molecule has 0 saturated heterocycles. The van der Waals surface area contributed by atoms with Gasteiger partial charge in [0.15, 0.2) is 0 Å². The van der Waals surface area contributed by atoms with E-state index in [1.165, 1.54) is 9.78 Å². The molecule has 1 heterocycles. The fourth-order valence-corrected chi connectivity index (χ4v) is 2.24. The number of carbonyl (C=O) groups excluding carboxylic acids is 1. The van der Waals surface area contributed by atoms with Crippen LogP contribution in [0.15, 0.2) is 24.8 Å². The minimum atomic E-state index is -0.176. The largest absolute Gasteiger partial charge is 0.395 e. The van der Waals surface area contributed by atoms with Crippen LogP contribution < -0.4 is 5.32 Å². The van der Waals surface area contributed by atoms with E-state index in [1.807, 2.05) is 19.1 Å². The van der Waals surface area contributed by atoms with Crippen LogP contribution >= 0.6 is 11.3 Å². The summed E-state index contributed by atoms with van der Waals surface area (Å²) >= 11 is 1.67. The maximum Gasteiger partial charge on any atom is 0.318 e. The molecule has 5 heteroatoms. The van der Waals surface area contributed by atoms with Crippen LogP contribution in [0.1, 0.15) is 9.75 Å². The molecule has 0 aliphatic carbocycles. The number of aryl methyl sites for hydroxylation is 1. The van der Waals surface area contributed by atoms with E-state index in [0.29, 0.717) is 19.6 Å². The predicted octanol–water partition coefficient (Wildman–Crippen LogP) is 1.75. The molecule has 0 fully saturated rings. The van der Waals surface area contributed by atoms with Gasteiger partial charge >= 0.3 is 6.03 Å². The van der Waals surface area contributed by atoms with Crippen molar-refractivity contribution in [2.24, 2.45) is 0 Å². The van der Waals surface area contributed by atoms with E-state index in [4.69, 9.17) is 5.11 Å². The third kappa shape index (κ3) is 4.58. The molecule has 2 N–H and O–H groups in total. The average Bonchev–Trinajstić information content (AvgIpc) is 2.72. The highest BCUT2D eigenvalue weighted by Gasteiger charge is 2.10. The van der Waals surface area contributed by atoms with Gasteiger partial charge in [0.2, 0.25) is 0 Å². The summed E-state index contributed by atoms with van der Waals surface area (Å²) in [5, 5.41) is 11.7. The highest BCUT2D eigenvalue weighted by atomic mass is 32.1. The van der Waals surface area contributed by atoms with Crippen LogP contribution in [0.2, 0.25) is 0 Å². The first-order chi connectivity index (χ1) is 8.17. The number of amides is 2. The smallest absolute Gasteiger partial charge is 0.318 e. The van der Waals surface area contributed by atoms with E-state index in [2.05, 4.69) is 11.9 Å². The van der Waals surface area contributed by atoms with Gasteiger partial charge in [0, 0.05) is 22.8 Å². The van der Waals surface area contributed by atoms with Gasteiger partial charge in [-0.05, 0) is 19.1 Å². The Labute approximate surface area is 106 Å². The van der Waals surface area contributed by atoms with Crippen molar-refractivity contribution in [1.82, 2.24) is 10.2 Å². The molecule has 0 spiro atoms. The van der Waals surface area contributed by atoms with Gasteiger partial charge in [0.05, 0.1) is 13.2 Å². The van der Waals surface area contributed by atoms with E-state index in [1.54, 1.807) is 17.4 Å². The fraction of sp³-hybridized carbons (Fsp3) is 0.417. The van der Waals surface area contributed by atoms with E-state index >= 15 is 0 Å². The summed E-state index contributed by atoms with van der Waals surface area (Å²) in [5.74, 6) is 0. The predicted molar refractivity (Wildman–Crippen MR) is 70.1 cm³/mol. The van der Waals surface area contributed by atoms with Crippen LogP contribution in [-0.2, 0) is 6.54 Å². The Morgan fingerprint density at radius 1 is 1.65 bits per heavy atom. The summed E-state index contributed by atoms with van der Waals surface area (Å²) < 4.78 is 0. The van der Waals surface area contributed by atoms with Crippen molar-refractivity contribution >= 4 is 17.4 Å². The van der Waals surface area contributed by atoms with Crippen LogP contribution in [0.3, 0.4) is 0 Å². The van der Waals surface area contributed by atoms with E-state index in [9.17, 15) is 4.79 Å². The van der Waals surface area contributed by atoms with Crippen molar-refractivity contribution in [1.29, 1.82) is 0 Å². The van der Waals surface area contributed by atoms with Gasteiger partial charge in [-0.1, -0.05) is 6.08 Å². The highest BCUT2D eigenvalue weighted by Crippen LogP contribution is 2.14. The molecule has 0 saturated carbocycles. The summed E-state index contributed by atoms with van der Waals surface area (Å²) in [6.45, 7) is 6.86. The monoisotopic (exact) mass is 254 g/mol. The van der Waals surface area contributed by atoms with Crippen molar-refractivity contribution < 1.29 is 9.90 Å². The number of aliphatic hydroxyl groups is 1. The van der Waals surface area contributed by atoms with E-state index < -0.39 is 0 Å². The number of aliphatic hydroxyl groups excluding tert-OH is 1. The molecular formula is C12H18N2O2S. The van der Waals surface area contributed by atoms with Crippen molar-refractivity contribution in [3.05, 3.63) is 34.5 Å². The normalized spacial score (nSPS) is 10.0. The lowest BCUT2D eigenvalue weighted by Gasteiger charge is -2.20. The third-order valence-electron chi connectivity index (χ3n) is 2.22. The van der Waals surface area contributed by atoms with Gasteiger partial charge < -0.3 is 15.3 Å². The number of nitrogens with one attached hydrogen (secondary N) is 1. The molecule has 0 atom stereocenters. The van der Waals surface area contributed by atoms with Crippen molar-refractivity contribution in [2.45, 2.75) is 13.5 Å². The second-order valence-electron chi connectivity index (χ2n) is 3.63. The Hall–Kier alpha value is -1.33. The minimum Gasteiger partial charge on any atom is -0.395 e. The van der Waals surface area contributed by atoms with Crippen LogP contribution in [0.25, 0.3) is 0 Å². The Morgan fingerprint density at radius 3 is 2.94 bits per heavy atom. The topological polar surface area (TPSA) is 52.6 Å². The third-order valence-corrected chi connectivity index (χ3v) is 3.22. The first kappa shape index (κ1) is 13.7. The van der Waals surface area contributed by atoms with Crippen molar-refractivity contribution in [3.63, 3.8) is 0 Å². The number of nitrogens with zero attached hydrogens (tertiary/aromatic N) is 1. The Balaban J connectivity index is 2.43.